The molecule has 0 saturated heterocycles. The highest BCUT2D eigenvalue weighted by Crippen LogP contribution is 2.25. The SMILES string of the molecule is CC(=O)OC[C@@H]1CCC[C@@H](NC(=O)Nc2cnc3c(ccn3COCC[Si](C)(C)C)n2)C1. The third kappa shape index (κ3) is 7.59. The number of fused-ring (bicyclic) bond motifs is 1. The van der Waals surface area contributed by atoms with Crippen LogP contribution in [0.5, 0.6) is 0 Å². The summed E-state index contributed by atoms with van der Waals surface area (Å²) in [6.45, 7) is 9.99. The summed E-state index contributed by atoms with van der Waals surface area (Å²) in [6, 6.07) is 2.74. The molecule has 1 aliphatic carbocycles. The van der Waals surface area contributed by atoms with Crippen molar-refractivity contribution in [2.75, 3.05) is 18.5 Å². The number of hydrogen-bond acceptors (Lipinski definition) is 6. The summed E-state index contributed by atoms with van der Waals surface area (Å²) in [7, 11) is -1.11. The minimum absolute atomic E-state index is 0.0513. The zero-order valence-corrected chi connectivity index (χ0v) is 20.5. The number of amides is 2. The average Bonchev–Trinajstić information content (AvgIpc) is 3.11. The van der Waals surface area contributed by atoms with Gasteiger partial charge in [0.15, 0.2) is 11.5 Å². The quantitative estimate of drug-likeness (QED) is 0.332. The Labute approximate surface area is 190 Å². The van der Waals surface area contributed by atoms with E-state index in [1.54, 1.807) is 6.20 Å². The van der Waals surface area contributed by atoms with E-state index in [4.69, 9.17) is 9.47 Å². The number of hydrogen-bond donors (Lipinski definition) is 2. The summed E-state index contributed by atoms with van der Waals surface area (Å²) in [4.78, 5) is 32.4. The number of urea groups is 1. The van der Waals surface area contributed by atoms with Crippen molar-refractivity contribution < 1.29 is 19.1 Å². The monoisotopic (exact) mass is 461 g/mol. The van der Waals surface area contributed by atoms with Crippen molar-refractivity contribution in [2.24, 2.45) is 5.92 Å². The Kier molecular flexibility index (Phi) is 8.24. The highest BCUT2D eigenvalue weighted by molar-refractivity contribution is 6.76. The smallest absolute Gasteiger partial charge is 0.320 e. The van der Waals surface area contributed by atoms with Crippen molar-refractivity contribution >= 4 is 37.1 Å². The molecule has 0 aliphatic heterocycles. The van der Waals surface area contributed by atoms with Gasteiger partial charge in [-0.15, -0.1) is 0 Å². The first-order chi connectivity index (χ1) is 15.2. The zero-order valence-electron chi connectivity index (χ0n) is 19.5. The molecular formula is C22H35N5O4Si. The molecule has 0 unspecified atom stereocenters. The topological polar surface area (TPSA) is 107 Å². The molecule has 176 valence electrons. The van der Waals surface area contributed by atoms with Gasteiger partial charge in [-0.1, -0.05) is 26.1 Å². The number of carbonyl (C=O) groups excluding carboxylic acids is 2. The fraction of sp³-hybridized carbons (Fsp3) is 0.636. The molecule has 1 aliphatic rings. The fourth-order valence-electron chi connectivity index (χ4n) is 3.81. The summed E-state index contributed by atoms with van der Waals surface area (Å²) >= 11 is 0. The van der Waals surface area contributed by atoms with Gasteiger partial charge in [0.1, 0.15) is 12.2 Å². The van der Waals surface area contributed by atoms with Crippen LogP contribution >= 0.6 is 0 Å². The third-order valence-electron chi connectivity index (χ3n) is 5.57. The van der Waals surface area contributed by atoms with Gasteiger partial charge in [0.25, 0.3) is 0 Å². The summed E-state index contributed by atoms with van der Waals surface area (Å²) < 4.78 is 12.8. The number of esters is 1. The Morgan fingerprint density at radius 2 is 2.09 bits per heavy atom. The van der Waals surface area contributed by atoms with E-state index in [1.807, 2.05) is 16.8 Å². The van der Waals surface area contributed by atoms with Crippen molar-refractivity contribution in [1.82, 2.24) is 19.9 Å². The summed E-state index contributed by atoms with van der Waals surface area (Å²) in [5, 5.41) is 5.78. The van der Waals surface area contributed by atoms with Crippen LogP contribution in [0.25, 0.3) is 11.2 Å². The average molecular weight is 462 g/mol. The Balaban J connectivity index is 1.49. The Morgan fingerprint density at radius 1 is 1.28 bits per heavy atom. The van der Waals surface area contributed by atoms with Crippen LogP contribution in [0, 0.1) is 5.92 Å². The summed E-state index contributed by atoms with van der Waals surface area (Å²) in [5.41, 5.74) is 1.43. The first kappa shape index (κ1) is 24.2. The lowest BCUT2D eigenvalue weighted by atomic mass is 9.86. The molecule has 2 atom stereocenters. The van der Waals surface area contributed by atoms with Crippen molar-refractivity contribution in [3.05, 3.63) is 18.5 Å². The van der Waals surface area contributed by atoms with Crippen LogP contribution in [0.3, 0.4) is 0 Å². The standard InChI is InChI=1S/C22H35N5O4Si/c1-16(28)31-14-17-6-5-7-18(12-17)24-22(29)26-20-13-23-21-19(25-20)8-9-27(21)15-30-10-11-32(2,3)4/h8-9,13,17-18H,5-7,10-12,14-15H2,1-4H3,(H2,24,25,26,29)/t17-,18-/m1/s1. The summed E-state index contributed by atoms with van der Waals surface area (Å²) in [6.07, 6.45) is 7.17. The molecule has 1 fully saturated rings. The molecule has 0 spiro atoms. The first-order valence-corrected chi connectivity index (χ1v) is 15.0. The molecule has 0 aromatic carbocycles. The molecule has 32 heavy (non-hydrogen) atoms. The van der Waals surface area contributed by atoms with E-state index in [1.165, 1.54) is 6.92 Å². The van der Waals surface area contributed by atoms with Crippen LogP contribution in [0.2, 0.25) is 25.7 Å². The van der Waals surface area contributed by atoms with E-state index in [0.29, 0.717) is 24.7 Å². The number of anilines is 1. The Bertz CT molecular complexity index is 927. The van der Waals surface area contributed by atoms with Crippen molar-refractivity contribution in [3.63, 3.8) is 0 Å². The van der Waals surface area contributed by atoms with E-state index in [9.17, 15) is 9.59 Å². The van der Waals surface area contributed by atoms with Gasteiger partial charge in [-0.3, -0.25) is 10.1 Å². The lowest BCUT2D eigenvalue weighted by Gasteiger charge is -2.29. The predicted molar refractivity (Wildman–Crippen MR) is 126 cm³/mol. The molecule has 10 heteroatoms. The molecule has 2 aromatic rings. The molecule has 0 radical (unpaired) electrons. The van der Waals surface area contributed by atoms with Crippen molar-refractivity contribution in [3.8, 4) is 0 Å². The second-order valence-electron chi connectivity index (χ2n) is 9.73. The van der Waals surface area contributed by atoms with Crippen LogP contribution in [0.1, 0.15) is 32.6 Å². The molecule has 2 heterocycles. The fourth-order valence-corrected chi connectivity index (χ4v) is 4.57. The number of aromatic nitrogens is 3. The molecule has 9 nitrogen and oxygen atoms in total. The van der Waals surface area contributed by atoms with Crippen LogP contribution in [0.15, 0.2) is 18.5 Å². The van der Waals surface area contributed by atoms with Gasteiger partial charge in [0, 0.05) is 33.8 Å². The summed E-state index contributed by atoms with van der Waals surface area (Å²) in [5.74, 6) is 0.417. The largest absolute Gasteiger partial charge is 0.466 e. The predicted octanol–water partition coefficient (Wildman–Crippen LogP) is 3.99. The molecule has 0 bridgehead atoms. The van der Waals surface area contributed by atoms with Gasteiger partial charge >= 0.3 is 12.0 Å². The maximum atomic E-state index is 12.5. The second-order valence-corrected chi connectivity index (χ2v) is 15.3. The molecular weight excluding hydrogens is 426 g/mol. The number of nitrogens with zero attached hydrogens (tertiary/aromatic N) is 3. The van der Waals surface area contributed by atoms with Crippen LogP contribution < -0.4 is 10.6 Å². The van der Waals surface area contributed by atoms with E-state index in [0.717, 1.165) is 44.0 Å². The maximum absolute atomic E-state index is 12.5. The van der Waals surface area contributed by atoms with Gasteiger partial charge in [-0.2, -0.15) is 0 Å². The van der Waals surface area contributed by atoms with Gasteiger partial charge in [0.2, 0.25) is 0 Å². The Hall–Kier alpha value is -2.46. The maximum Gasteiger partial charge on any atom is 0.320 e. The van der Waals surface area contributed by atoms with Crippen LogP contribution in [0.4, 0.5) is 10.6 Å². The molecule has 3 rings (SSSR count). The van der Waals surface area contributed by atoms with Gasteiger partial charge in [-0.25, -0.2) is 14.8 Å². The van der Waals surface area contributed by atoms with E-state index in [-0.39, 0.29) is 24.0 Å². The van der Waals surface area contributed by atoms with Crippen molar-refractivity contribution in [1.29, 1.82) is 0 Å². The highest BCUT2D eigenvalue weighted by Gasteiger charge is 2.24. The van der Waals surface area contributed by atoms with E-state index < -0.39 is 8.07 Å². The van der Waals surface area contributed by atoms with Gasteiger partial charge in [-0.05, 0) is 37.3 Å². The number of rotatable bonds is 9. The first-order valence-electron chi connectivity index (χ1n) is 11.3. The minimum atomic E-state index is -1.11. The van der Waals surface area contributed by atoms with Crippen LogP contribution in [-0.2, 0) is 21.0 Å². The molecule has 2 aromatic heterocycles. The normalized spacial score (nSPS) is 19.0. The number of ether oxygens (including phenoxy) is 2. The van der Waals surface area contributed by atoms with E-state index in [2.05, 4.69) is 40.2 Å². The lowest BCUT2D eigenvalue weighted by Crippen LogP contribution is -2.41. The number of nitrogens with one attached hydrogen (secondary N) is 2. The van der Waals surface area contributed by atoms with Gasteiger partial charge in [0.05, 0.1) is 12.8 Å². The molecule has 2 amide bonds. The Morgan fingerprint density at radius 3 is 2.84 bits per heavy atom. The third-order valence-corrected chi connectivity index (χ3v) is 7.28. The highest BCUT2D eigenvalue weighted by atomic mass is 28.3. The van der Waals surface area contributed by atoms with Crippen LogP contribution in [-0.4, -0.2) is 53.9 Å². The zero-order chi connectivity index (χ0) is 23.1. The minimum Gasteiger partial charge on any atom is -0.466 e. The lowest BCUT2D eigenvalue weighted by molar-refractivity contribution is -0.142. The molecule has 2 N–H and O–H groups in total. The van der Waals surface area contributed by atoms with Crippen molar-refractivity contribution in [2.45, 2.75) is 71.1 Å². The van der Waals surface area contributed by atoms with E-state index >= 15 is 0 Å². The van der Waals surface area contributed by atoms with Gasteiger partial charge < -0.3 is 19.4 Å². The molecule has 1 saturated carbocycles. The number of carbonyl (C=O) groups is 2. The second kappa shape index (κ2) is 10.9.